The molecule has 11 unspecified atom stereocenters. The Hall–Kier alpha value is -7.38. The molecule has 0 spiro atoms. The van der Waals surface area contributed by atoms with E-state index >= 15 is 0 Å². The summed E-state index contributed by atoms with van der Waals surface area (Å²) < 4.78 is 103. The molecule has 32 nitrogen and oxygen atoms in total. The summed E-state index contributed by atoms with van der Waals surface area (Å²) in [6.07, 6.45) is -18.8. The molecule has 0 bridgehead atoms. The molecule has 0 amide bonds. The lowest BCUT2D eigenvalue weighted by Crippen LogP contribution is -2.30. The van der Waals surface area contributed by atoms with Crippen LogP contribution in [0.4, 0.5) is 47.9 Å². The van der Waals surface area contributed by atoms with Crippen LogP contribution < -0.4 is 0 Å². The number of hydrogen-bond donors (Lipinski definition) is 1. The number of carbonyl (C=O) groups is 10. The van der Waals surface area contributed by atoms with Crippen molar-refractivity contribution in [1.82, 2.24) is 0 Å². The Morgan fingerprint density at radius 1 is 0.286 bits per heavy atom. The van der Waals surface area contributed by atoms with Crippen molar-refractivity contribution in [3.63, 3.8) is 0 Å². The van der Waals surface area contributed by atoms with E-state index in [2.05, 4.69) is 9.47 Å². The summed E-state index contributed by atoms with van der Waals surface area (Å²) in [6.45, 7) is 26.1. The molecule has 0 heterocycles. The van der Waals surface area contributed by atoms with Crippen molar-refractivity contribution in [3.05, 3.63) is 0 Å². The van der Waals surface area contributed by atoms with Crippen molar-refractivity contribution in [2.24, 2.45) is 11.3 Å². The van der Waals surface area contributed by atoms with Gasteiger partial charge in [0.1, 0.15) is 114 Å². The third kappa shape index (κ3) is 47.1. The summed E-state index contributed by atoms with van der Waals surface area (Å²) in [5.41, 5.74) is -0.430. The molecule has 0 aromatic rings. The van der Waals surface area contributed by atoms with Gasteiger partial charge in [-0.3, -0.25) is 0 Å². The van der Waals surface area contributed by atoms with Gasteiger partial charge in [-0.15, -0.1) is 0 Å². The predicted octanol–water partition coefficient (Wildman–Crippen LogP) is 9.07. The molecule has 0 aromatic heterocycles. The van der Waals surface area contributed by atoms with Crippen molar-refractivity contribution in [2.45, 2.75) is 184 Å². The minimum absolute atomic E-state index is 0.00576. The van der Waals surface area contributed by atoms with E-state index in [0.29, 0.717) is 0 Å². The van der Waals surface area contributed by atoms with Gasteiger partial charge in [-0.05, 0) is 101 Å². The summed E-state index contributed by atoms with van der Waals surface area (Å²) in [5, 5.41) is 8.44. The van der Waals surface area contributed by atoms with Crippen molar-refractivity contribution in [1.29, 1.82) is 0 Å². The highest BCUT2D eigenvalue weighted by Gasteiger charge is 2.25. The third-order valence-corrected chi connectivity index (χ3v) is 9.69. The molecular formula is C52H88O32. The maximum atomic E-state index is 11.9. The molecule has 84 heavy (non-hydrogen) atoms. The molecule has 0 fully saturated rings. The molecule has 0 radical (unpaired) electrons. The summed E-state index contributed by atoms with van der Waals surface area (Å²) in [6, 6.07) is 0. The van der Waals surface area contributed by atoms with E-state index in [1.54, 1.807) is 13.8 Å². The van der Waals surface area contributed by atoms with Gasteiger partial charge in [0.2, 0.25) is 0 Å². The van der Waals surface area contributed by atoms with Gasteiger partial charge in [0.25, 0.3) is 0 Å². The highest BCUT2D eigenvalue weighted by atomic mass is 16.8. The lowest BCUT2D eigenvalue weighted by atomic mass is 9.83. The average Bonchev–Trinajstić information content (AvgIpc) is 3.41. The van der Waals surface area contributed by atoms with Gasteiger partial charge >= 0.3 is 61.6 Å². The fourth-order valence-electron chi connectivity index (χ4n) is 4.65. The Labute approximate surface area is 488 Å². The predicted molar refractivity (Wildman–Crippen MR) is 282 cm³/mol. The van der Waals surface area contributed by atoms with E-state index < -0.39 is 116 Å². The molecule has 32 heteroatoms. The SMILES string of the molecule is CC(COC(=O)OCC(C)OC(=O)OCC(C)OC(=O)OCC(C)OC(=O)OCC(C)C(C)(C)C)OC(=O)O.COC(C)COC(=O)OC(C)COC(=O)OC(C)COC(=O)OC(C)COC(=O)OC(C)COC(=O)OC(C)COC(C)(C)C. The number of hydrogen-bond acceptors (Lipinski definition) is 31. The summed E-state index contributed by atoms with van der Waals surface area (Å²) in [4.78, 5) is 116. The van der Waals surface area contributed by atoms with E-state index in [4.69, 9.17) is 95.1 Å². The first-order valence-corrected chi connectivity index (χ1v) is 26.4. The zero-order valence-corrected chi connectivity index (χ0v) is 51.2. The zero-order chi connectivity index (χ0) is 64.8. The van der Waals surface area contributed by atoms with Crippen molar-refractivity contribution in [2.75, 3.05) is 79.8 Å². The maximum absolute atomic E-state index is 11.9. The monoisotopic (exact) mass is 1220 g/mol. The van der Waals surface area contributed by atoms with Crippen LogP contribution in [-0.2, 0) is 99.5 Å². The second-order valence-electron chi connectivity index (χ2n) is 20.7. The normalized spacial score (nSPS) is 14.9. The van der Waals surface area contributed by atoms with Gasteiger partial charge < -0.3 is 105 Å². The number of carbonyl (C=O) groups excluding carboxylic acids is 9. The van der Waals surface area contributed by atoms with Crippen LogP contribution in [0, 0.1) is 11.3 Å². The summed E-state index contributed by atoms with van der Waals surface area (Å²) in [7, 11) is 1.46. The van der Waals surface area contributed by atoms with Crippen molar-refractivity contribution in [3.8, 4) is 0 Å². The van der Waals surface area contributed by atoms with E-state index in [1.807, 2.05) is 48.5 Å². The Morgan fingerprint density at radius 3 is 0.679 bits per heavy atom. The summed E-state index contributed by atoms with van der Waals surface area (Å²) in [5.74, 6) is 0.107. The van der Waals surface area contributed by atoms with E-state index in [1.165, 1.54) is 62.5 Å². The van der Waals surface area contributed by atoms with Crippen LogP contribution in [0.3, 0.4) is 0 Å². The number of methoxy groups -OCH3 is 1. The van der Waals surface area contributed by atoms with Crippen LogP contribution in [0.5, 0.6) is 0 Å². The molecule has 0 aliphatic heterocycles. The second kappa shape index (κ2) is 42.4. The average molecular weight is 1230 g/mol. The third-order valence-electron chi connectivity index (χ3n) is 9.69. The molecule has 0 saturated carbocycles. The Kier molecular flexibility index (Phi) is 39.7. The lowest BCUT2D eigenvalue weighted by Gasteiger charge is -2.26. The van der Waals surface area contributed by atoms with E-state index in [-0.39, 0.29) is 95.7 Å². The largest absolute Gasteiger partial charge is 0.508 e. The Balaban J connectivity index is 0. The van der Waals surface area contributed by atoms with Crippen LogP contribution in [0.2, 0.25) is 0 Å². The van der Waals surface area contributed by atoms with Crippen LogP contribution in [0.1, 0.15) is 118 Å². The zero-order valence-electron chi connectivity index (χ0n) is 51.2. The first-order valence-electron chi connectivity index (χ1n) is 26.4. The Morgan fingerprint density at radius 2 is 0.476 bits per heavy atom. The van der Waals surface area contributed by atoms with Gasteiger partial charge in [0, 0.05) is 7.11 Å². The highest BCUT2D eigenvalue weighted by Crippen LogP contribution is 2.25. The van der Waals surface area contributed by atoms with Gasteiger partial charge in [-0.1, -0.05) is 27.7 Å². The van der Waals surface area contributed by atoms with Gasteiger partial charge in [-0.25, -0.2) is 47.9 Å². The van der Waals surface area contributed by atoms with E-state index in [9.17, 15) is 47.9 Å². The molecule has 0 aromatic carbocycles. The Bertz CT molecular complexity index is 1970. The molecule has 0 aliphatic carbocycles. The lowest BCUT2D eigenvalue weighted by molar-refractivity contribution is -0.0668. The smallest absolute Gasteiger partial charge is 0.450 e. The minimum atomic E-state index is -1.52. The van der Waals surface area contributed by atoms with Crippen molar-refractivity contribution >= 4 is 61.6 Å². The number of ether oxygens (including phenoxy) is 21. The van der Waals surface area contributed by atoms with Gasteiger partial charge in [0.15, 0.2) is 0 Å². The first-order chi connectivity index (χ1) is 38.9. The molecule has 11 atom stereocenters. The molecule has 0 rings (SSSR count). The molecule has 1 N–H and O–H groups in total. The van der Waals surface area contributed by atoms with Crippen LogP contribution >= 0.6 is 0 Å². The fourth-order valence-corrected chi connectivity index (χ4v) is 4.65. The first kappa shape index (κ1) is 78.7. The fraction of sp³-hybridized carbons (Fsp3) is 0.808. The minimum Gasteiger partial charge on any atom is -0.450 e. The molecule has 488 valence electrons. The molecule has 0 aliphatic rings. The van der Waals surface area contributed by atoms with Crippen LogP contribution in [-0.4, -0.2) is 213 Å². The van der Waals surface area contributed by atoms with E-state index in [0.717, 1.165) is 0 Å². The standard InChI is InChI=1S/C28H48O17.C24H40O15/c1-17(34-10)11-35-23(29)41-18(2)12-36-24(30)42-19(3)13-37-25(31)43-20(4)14-38-26(32)44-21(5)15-39-27(33)45-22(6)16-40-28(7,8)9;1-14(24(6,7)8)9-31-21(28)37-17(4)12-34-23(30)39-18(5)13-35-22(29)38-16(3)11-33-20(27)32-10-15(2)36-19(25)26/h17-22H,11-16H2,1-10H3;14-18H,9-13H2,1-8H3,(H,25,26). The van der Waals surface area contributed by atoms with Crippen LogP contribution in [0.15, 0.2) is 0 Å². The number of carboxylic acid groups (broad SMARTS) is 1. The van der Waals surface area contributed by atoms with Crippen molar-refractivity contribution < 1.29 is 153 Å². The molecule has 0 saturated heterocycles. The van der Waals surface area contributed by atoms with Gasteiger partial charge in [0.05, 0.1) is 24.9 Å². The maximum Gasteiger partial charge on any atom is 0.508 e. The molecular weight excluding hydrogens is 1140 g/mol. The highest BCUT2D eigenvalue weighted by molar-refractivity contribution is 5.64. The number of rotatable bonds is 32. The van der Waals surface area contributed by atoms with Crippen LogP contribution in [0.25, 0.3) is 0 Å². The second-order valence-corrected chi connectivity index (χ2v) is 20.7. The summed E-state index contributed by atoms with van der Waals surface area (Å²) >= 11 is 0. The quantitative estimate of drug-likeness (QED) is 0.0484. The topological polar surface area (TPSA) is 385 Å². The van der Waals surface area contributed by atoms with Gasteiger partial charge in [-0.2, -0.15) is 0 Å².